The van der Waals surface area contributed by atoms with Crippen molar-refractivity contribution in [2.75, 3.05) is 0 Å². The quantitative estimate of drug-likeness (QED) is 0.510. The Hall–Kier alpha value is 0.140. The Balaban J connectivity index is 0. The molecule has 4 heteroatoms. The Labute approximate surface area is 94.8 Å². The van der Waals surface area contributed by atoms with Crippen molar-refractivity contribution >= 4 is 41.3 Å². The smallest absolute Gasteiger partial charge is 0.314 e. The Morgan fingerprint density at radius 3 is 2.08 bits per heavy atom. The predicted octanol–water partition coefficient (Wildman–Crippen LogP) is 1.09. The maximum absolute atomic E-state index is 11.0. The molecule has 0 aromatic rings. The van der Waals surface area contributed by atoms with E-state index in [0.29, 0.717) is 12.8 Å². The van der Waals surface area contributed by atoms with E-state index in [0.717, 1.165) is 6.42 Å². The van der Waals surface area contributed by atoms with Crippen molar-refractivity contribution in [3.63, 3.8) is 0 Å². The van der Waals surface area contributed by atoms with Gasteiger partial charge in [0.05, 0.1) is 0 Å². The number of carboxylic acids is 1. The van der Waals surface area contributed by atoms with Crippen LogP contribution in [0.3, 0.4) is 0 Å². The minimum atomic E-state index is -0.987. The fourth-order valence-corrected chi connectivity index (χ4v) is 0.957. The third-order valence-electron chi connectivity index (χ3n) is 1.61. The molecular formula is C8H14NaO3. The van der Waals surface area contributed by atoms with Crippen LogP contribution in [0.15, 0.2) is 0 Å². The molecule has 0 saturated carbocycles. The predicted molar refractivity (Wildman–Crippen MR) is 47.1 cm³/mol. The SMILES string of the molecule is CCCC(C(=O)O)C(=O)CC.[Na]. The van der Waals surface area contributed by atoms with E-state index < -0.39 is 11.9 Å². The molecule has 0 bridgehead atoms. The van der Waals surface area contributed by atoms with Crippen LogP contribution in [-0.4, -0.2) is 46.4 Å². The molecule has 1 N–H and O–H groups in total. The van der Waals surface area contributed by atoms with Gasteiger partial charge in [-0.1, -0.05) is 20.3 Å². The standard InChI is InChI=1S/C8H14O3.Na/c1-3-5-6(8(10)11)7(9)4-2;/h6H,3-5H2,1-2H3,(H,10,11);. The number of rotatable bonds is 5. The molecule has 65 valence electrons. The largest absolute Gasteiger partial charge is 0.481 e. The molecule has 0 heterocycles. The number of Topliss-reactive ketones (excluding diaryl/α,β-unsaturated/α-hetero) is 1. The summed E-state index contributed by atoms with van der Waals surface area (Å²) in [6.45, 7) is 3.56. The van der Waals surface area contributed by atoms with Crippen LogP contribution in [0.1, 0.15) is 33.1 Å². The van der Waals surface area contributed by atoms with Gasteiger partial charge in [-0.2, -0.15) is 0 Å². The average molecular weight is 181 g/mol. The third-order valence-corrected chi connectivity index (χ3v) is 1.61. The minimum Gasteiger partial charge on any atom is -0.481 e. The molecule has 0 aliphatic carbocycles. The van der Waals surface area contributed by atoms with E-state index in [2.05, 4.69) is 0 Å². The molecule has 1 atom stereocenters. The molecule has 0 amide bonds. The molecule has 1 unspecified atom stereocenters. The van der Waals surface area contributed by atoms with Gasteiger partial charge in [0.15, 0.2) is 0 Å². The first-order valence-corrected chi connectivity index (χ1v) is 3.89. The first-order chi connectivity index (χ1) is 5.13. The summed E-state index contributed by atoms with van der Waals surface area (Å²) in [4.78, 5) is 21.4. The van der Waals surface area contributed by atoms with Crippen molar-refractivity contribution in [3.05, 3.63) is 0 Å². The van der Waals surface area contributed by atoms with E-state index in [-0.39, 0.29) is 35.3 Å². The summed E-state index contributed by atoms with van der Waals surface area (Å²) >= 11 is 0. The molecule has 0 aliphatic rings. The second kappa shape index (κ2) is 7.77. The van der Waals surface area contributed by atoms with Crippen LogP contribution in [0, 0.1) is 5.92 Å². The second-order valence-electron chi connectivity index (χ2n) is 2.50. The average Bonchev–Trinajstić information content (AvgIpc) is 1.98. The molecular weight excluding hydrogens is 167 g/mol. The van der Waals surface area contributed by atoms with Gasteiger partial charge in [0.1, 0.15) is 11.7 Å². The van der Waals surface area contributed by atoms with E-state index in [1.54, 1.807) is 6.92 Å². The van der Waals surface area contributed by atoms with Crippen LogP contribution in [-0.2, 0) is 9.59 Å². The Morgan fingerprint density at radius 1 is 1.33 bits per heavy atom. The van der Waals surface area contributed by atoms with Crippen molar-refractivity contribution < 1.29 is 14.7 Å². The van der Waals surface area contributed by atoms with Gasteiger partial charge in [0.25, 0.3) is 0 Å². The maximum Gasteiger partial charge on any atom is 0.314 e. The fraction of sp³-hybridized carbons (Fsp3) is 0.750. The summed E-state index contributed by atoms with van der Waals surface area (Å²) < 4.78 is 0. The molecule has 12 heavy (non-hydrogen) atoms. The number of aliphatic carboxylic acids is 1. The van der Waals surface area contributed by atoms with Gasteiger partial charge >= 0.3 is 5.97 Å². The van der Waals surface area contributed by atoms with E-state index in [1.165, 1.54) is 0 Å². The molecule has 0 saturated heterocycles. The van der Waals surface area contributed by atoms with Gasteiger partial charge in [0, 0.05) is 36.0 Å². The molecule has 0 aromatic heterocycles. The van der Waals surface area contributed by atoms with E-state index in [1.807, 2.05) is 6.92 Å². The zero-order chi connectivity index (χ0) is 8.85. The summed E-state index contributed by atoms with van der Waals surface area (Å²) in [5, 5.41) is 8.59. The summed E-state index contributed by atoms with van der Waals surface area (Å²) in [5.74, 6) is -1.93. The number of hydrogen-bond acceptors (Lipinski definition) is 2. The summed E-state index contributed by atoms with van der Waals surface area (Å²) in [5.41, 5.74) is 0. The van der Waals surface area contributed by atoms with Crippen LogP contribution >= 0.6 is 0 Å². The first kappa shape index (κ1) is 14.7. The maximum atomic E-state index is 11.0. The summed E-state index contributed by atoms with van der Waals surface area (Å²) in [7, 11) is 0. The first-order valence-electron chi connectivity index (χ1n) is 3.89. The monoisotopic (exact) mass is 181 g/mol. The molecule has 0 rings (SSSR count). The van der Waals surface area contributed by atoms with Gasteiger partial charge in [-0.05, 0) is 6.42 Å². The molecule has 0 spiro atoms. The number of ketones is 1. The van der Waals surface area contributed by atoms with Gasteiger partial charge in [-0.15, -0.1) is 0 Å². The van der Waals surface area contributed by atoms with Crippen molar-refractivity contribution in [2.45, 2.75) is 33.1 Å². The van der Waals surface area contributed by atoms with Gasteiger partial charge in [-0.3, -0.25) is 9.59 Å². The number of carbonyl (C=O) groups is 2. The van der Waals surface area contributed by atoms with Crippen LogP contribution in [0.4, 0.5) is 0 Å². The molecule has 1 radical (unpaired) electrons. The van der Waals surface area contributed by atoms with Crippen molar-refractivity contribution in [1.29, 1.82) is 0 Å². The summed E-state index contributed by atoms with van der Waals surface area (Å²) in [6.07, 6.45) is 1.52. The number of carbonyl (C=O) groups excluding carboxylic acids is 1. The van der Waals surface area contributed by atoms with Gasteiger partial charge < -0.3 is 5.11 Å². The van der Waals surface area contributed by atoms with Crippen LogP contribution < -0.4 is 0 Å². The molecule has 3 nitrogen and oxygen atoms in total. The topological polar surface area (TPSA) is 54.4 Å². The van der Waals surface area contributed by atoms with E-state index in [9.17, 15) is 9.59 Å². The third kappa shape index (κ3) is 4.91. The molecule has 0 aliphatic heterocycles. The van der Waals surface area contributed by atoms with Crippen LogP contribution in [0.2, 0.25) is 0 Å². The molecule has 0 aromatic carbocycles. The summed E-state index contributed by atoms with van der Waals surface area (Å²) in [6, 6.07) is 0. The van der Waals surface area contributed by atoms with E-state index >= 15 is 0 Å². The fourth-order valence-electron chi connectivity index (χ4n) is 0.957. The minimum absolute atomic E-state index is 0. The van der Waals surface area contributed by atoms with Crippen molar-refractivity contribution in [1.82, 2.24) is 0 Å². The number of carboxylic acid groups (broad SMARTS) is 1. The van der Waals surface area contributed by atoms with Crippen molar-refractivity contribution in [3.8, 4) is 0 Å². The Bertz CT molecular complexity index is 156. The van der Waals surface area contributed by atoms with Gasteiger partial charge in [0.2, 0.25) is 0 Å². The second-order valence-corrected chi connectivity index (χ2v) is 2.50. The van der Waals surface area contributed by atoms with Crippen molar-refractivity contribution in [2.24, 2.45) is 5.92 Å². The van der Waals surface area contributed by atoms with E-state index in [4.69, 9.17) is 5.11 Å². The van der Waals surface area contributed by atoms with Crippen LogP contribution in [0.5, 0.6) is 0 Å². The van der Waals surface area contributed by atoms with Crippen LogP contribution in [0.25, 0.3) is 0 Å². The van der Waals surface area contributed by atoms with Gasteiger partial charge in [-0.25, -0.2) is 0 Å². The normalized spacial score (nSPS) is 11.5. The zero-order valence-corrected chi connectivity index (χ0v) is 9.96. The zero-order valence-electron chi connectivity index (χ0n) is 7.96. The number of hydrogen-bond donors (Lipinski definition) is 1. The Kier molecular flexibility index (Phi) is 9.49. The molecule has 0 fully saturated rings. The Morgan fingerprint density at radius 2 is 1.83 bits per heavy atom.